The molecular formula is C18H13ClF3N7O2S. The van der Waals surface area contributed by atoms with Crippen molar-refractivity contribution in [3.8, 4) is 6.07 Å². The van der Waals surface area contributed by atoms with E-state index in [1.165, 1.54) is 24.0 Å². The van der Waals surface area contributed by atoms with Crippen molar-refractivity contribution < 1.29 is 22.8 Å². The summed E-state index contributed by atoms with van der Waals surface area (Å²) in [5, 5.41) is 13.7. The molecule has 14 heteroatoms. The Morgan fingerprint density at radius 2 is 1.94 bits per heavy atom. The van der Waals surface area contributed by atoms with Crippen LogP contribution in [0.15, 0.2) is 24.7 Å². The van der Waals surface area contributed by atoms with E-state index in [-0.39, 0.29) is 22.2 Å². The first-order chi connectivity index (χ1) is 15.0. The molecular weight excluding hydrogens is 471 g/mol. The Balaban J connectivity index is 1.70. The molecule has 3 aromatic heterocycles. The number of hydrogen-bond donors (Lipinski definition) is 2. The highest BCUT2D eigenvalue weighted by molar-refractivity contribution is 7.13. The first kappa shape index (κ1) is 23.2. The number of carbonyl (C=O) groups is 2. The van der Waals surface area contributed by atoms with Crippen LogP contribution < -0.4 is 10.6 Å². The number of amides is 2. The van der Waals surface area contributed by atoms with E-state index < -0.39 is 34.6 Å². The van der Waals surface area contributed by atoms with Crippen molar-refractivity contribution >= 4 is 40.6 Å². The Morgan fingerprint density at radius 3 is 2.56 bits per heavy atom. The molecule has 0 aliphatic rings. The number of nitrogens with one attached hydrogen (secondary N) is 2. The van der Waals surface area contributed by atoms with Crippen molar-refractivity contribution in [1.29, 1.82) is 5.26 Å². The maximum Gasteiger partial charge on any atom is 0.418 e. The van der Waals surface area contributed by atoms with E-state index in [9.17, 15) is 22.8 Å². The number of thiazole rings is 1. The summed E-state index contributed by atoms with van der Waals surface area (Å²) in [6.45, 7) is 1.64. The van der Waals surface area contributed by atoms with Gasteiger partial charge in [0.15, 0.2) is 0 Å². The van der Waals surface area contributed by atoms with Gasteiger partial charge in [0, 0.05) is 13.2 Å². The summed E-state index contributed by atoms with van der Waals surface area (Å²) in [6, 6.07) is 1.88. The van der Waals surface area contributed by atoms with Gasteiger partial charge in [0.25, 0.3) is 11.8 Å². The van der Waals surface area contributed by atoms with Gasteiger partial charge in [-0.25, -0.2) is 15.0 Å². The highest BCUT2D eigenvalue weighted by Crippen LogP contribution is 2.35. The molecule has 0 saturated heterocycles. The molecule has 3 rings (SSSR count). The van der Waals surface area contributed by atoms with E-state index >= 15 is 0 Å². The maximum absolute atomic E-state index is 13.0. The van der Waals surface area contributed by atoms with Gasteiger partial charge in [-0.15, -0.1) is 11.3 Å². The molecule has 2 N–H and O–H groups in total. The number of aromatic nitrogens is 4. The maximum atomic E-state index is 13.0. The van der Waals surface area contributed by atoms with Crippen LogP contribution in [0.1, 0.15) is 49.5 Å². The number of alkyl halides is 3. The molecule has 1 atom stereocenters. The first-order valence-electron chi connectivity index (χ1n) is 8.73. The lowest BCUT2D eigenvalue weighted by Crippen LogP contribution is -2.28. The summed E-state index contributed by atoms with van der Waals surface area (Å²) in [5.41, 5.74) is -0.960. The second-order valence-corrected chi connectivity index (χ2v) is 7.87. The van der Waals surface area contributed by atoms with E-state index in [4.69, 9.17) is 16.9 Å². The molecule has 0 bridgehead atoms. The summed E-state index contributed by atoms with van der Waals surface area (Å²) in [4.78, 5) is 36.5. The SMILES string of the molecule is C[C@@H](NC(=O)c1cnc(C#N)n1C)c1ncc(C(=O)Nc2cc(C(F)(F)F)c(Cl)cn2)s1. The summed E-state index contributed by atoms with van der Waals surface area (Å²) in [5.74, 6) is -1.48. The predicted octanol–water partition coefficient (Wildman–Crippen LogP) is 3.56. The summed E-state index contributed by atoms with van der Waals surface area (Å²) in [7, 11) is 1.52. The van der Waals surface area contributed by atoms with Crippen LogP contribution in [0.4, 0.5) is 19.0 Å². The van der Waals surface area contributed by atoms with Crippen LogP contribution >= 0.6 is 22.9 Å². The van der Waals surface area contributed by atoms with Crippen LogP contribution in [0.2, 0.25) is 5.02 Å². The molecule has 0 aliphatic heterocycles. The number of nitrogens with zero attached hydrogens (tertiary/aromatic N) is 5. The molecule has 0 fully saturated rings. The average Bonchev–Trinajstić information content (AvgIpc) is 3.35. The van der Waals surface area contributed by atoms with E-state index in [1.807, 2.05) is 6.07 Å². The van der Waals surface area contributed by atoms with Gasteiger partial charge in [-0.2, -0.15) is 18.4 Å². The molecule has 0 aliphatic carbocycles. The average molecular weight is 484 g/mol. The largest absolute Gasteiger partial charge is 0.418 e. The lowest BCUT2D eigenvalue weighted by molar-refractivity contribution is -0.137. The highest BCUT2D eigenvalue weighted by atomic mass is 35.5. The Hall–Kier alpha value is -3.50. The van der Waals surface area contributed by atoms with Gasteiger partial charge in [0.1, 0.15) is 27.5 Å². The third kappa shape index (κ3) is 4.87. The van der Waals surface area contributed by atoms with Gasteiger partial charge in [0.2, 0.25) is 5.82 Å². The zero-order valence-electron chi connectivity index (χ0n) is 16.4. The minimum Gasteiger partial charge on any atom is -0.342 e. The number of halogens is 4. The van der Waals surface area contributed by atoms with E-state index in [2.05, 4.69) is 25.6 Å². The van der Waals surface area contributed by atoms with Crippen molar-refractivity contribution in [2.45, 2.75) is 19.1 Å². The third-order valence-corrected chi connectivity index (χ3v) is 5.67. The number of imidazole rings is 1. The lowest BCUT2D eigenvalue weighted by Gasteiger charge is -2.11. The van der Waals surface area contributed by atoms with Crippen LogP contribution in [-0.2, 0) is 13.2 Å². The molecule has 0 radical (unpaired) electrons. The molecule has 9 nitrogen and oxygen atoms in total. The summed E-state index contributed by atoms with van der Waals surface area (Å²) in [6.07, 6.45) is -1.41. The summed E-state index contributed by atoms with van der Waals surface area (Å²) >= 11 is 6.46. The first-order valence-corrected chi connectivity index (χ1v) is 9.93. The predicted molar refractivity (Wildman–Crippen MR) is 108 cm³/mol. The molecule has 0 spiro atoms. The fourth-order valence-corrected chi connectivity index (χ4v) is 3.58. The van der Waals surface area contributed by atoms with Gasteiger partial charge in [-0.1, -0.05) is 11.6 Å². The van der Waals surface area contributed by atoms with Crippen LogP contribution in [0.25, 0.3) is 0 Å². The number of carbonyl (C=O) groups excluding carboxylic acids is 2. The zero-order valence-corrected chi connectivity index (χ0v) is 17.9. The molecule has 3 heterocycles. The smallest absolute Gasteiger partial charge is 0.342 e. The zero-order chi connectivity index (χ0) is 23.6. The van der Waals surface area contributed by atoms with Crippen molar-refractivity contribution in [2.75, 3.05) is 5.32 Å². The quantitative estimate of drug-likeness (QED) is 0.571. The van der Waals surface area contributed by atoms with Crippen molar-refractivity contribution in [3.63, 3.8) is 0 Å². The van der Waals surface area contributed by atoms with Crippen LogP contribution in [0.5, 0.6) is 0 Å². The molecule has 0 saturated carbocycles. The summed E-state index contributed by atoms with van der Waals surface area (Å²) < 4.78 is 40.2. The topological polar surface area (TPSA) is 126 Å². The van der Waals surface area contributed by atoms with Gasteiger partial charge in [-0.3, -0.25) is 9.59 Å². The second kappa shape index (κ2) is 8.93. The van der Waals surface area contributed by atoms with Crippen molar-refractivity contribution in [3.05, 3.63) is 56.6 Å². The molecule has 166 valence electrons. The highest BCUT2D eigenvalue weighted by Gasteiger charge is 2.34. The number of hydrogen-bond acceptors (Lipinski definition) is 7. The Bertz CT molecular complexity index is 1230. The second-order valence-electron chi connectivity index (χ2n) is 6.40. The third-order valence-electron chi connectivity index (χ3n) is 4.19. The number of pyridine rings is 1. The van der Waals surface area contributed by atoms with Crippen LogP contribution in [0.3, 0.4) is 0 Å². The Morgan fingerprint density at radius 1 is 1.22 bits per heavy atom. The Kier molecular flexibility index (Phi) is 6.47. The molecule has 0 aromatic carbocycles. The van der Waals surface area contributed by atoms with E-state index in [0.717, 1.165) is 17.5 Å². The van der Waals surface area contributed by atoms with Gasteiger partial charge in [0.05, 0.1) is 29.0 Å². The fourth-order valence-electron chi connectivity index (χ4n) is 2.55. The minimum atomic E-state index is -4.70. The molecule has 0 unspecified atom stereocenters. The van der Waals surface area contributed by atoms with Crippen LogP contribution in [-0.4, -0.2) is 31.3 Å². The van der Waals surface area contributed by atoms with E-state index in [0.29, 0.717) is 11.1 Å². The van der Waals surface area contributed by atoms with Crippen molar-refractivity contribution in [2.24, 2.45) is 7.05 Å². The molecule has 3 aromatic rings. The molecule has 32 heavy (non-hydrogen) atoms. The van der Waals surface area contributed by atoms with Gasteiger partial charge >= 0.3 is 6.18 Å². The normalized spacial score (nSPS) is 12.2. The van der Waals surface area contributed by atoms with Crippen LogP contribution in [0, 0.1) is 11.3 Å². The minimum absolute atomic E-state index is 0.0699. The van der Waals surface area contributed by atoms with Gasteiger partial charge < -0.3 is 15.2 Å². The van der Waals surface area contributed by atoms with E-state index in [1.54, 1.807) is 6.92 Å². The van der Waals surface area contributed by atoms with Crippen molar-refractivity contribution in [1.82, 2.24) is 24.8 Å². The fraction of sp³-hybridized carbons (Fsp3) is 0.222. The monoisotopic (exact) mass is 483 g/mol. The Labute approximate surface area is 187 Å². The standard InChI is InChI=1S/C18H13ClF3N7O2S/c1-8(27-15(30)11-6-25-14(4-23)29(11)2)17-26-7-12(32-17)16(31)28-13-3-9(18(20,21)22)10(19)5-24-13/h3,5-8H,1-2H3,(H,27,30)(H,24,28,31)/t8-/m1/s1. The number of nitriles is 1. The van der Waals surface area contributed by atoms with Gasteiger partial charge in [-0.05, 0) is 13.0 Å². The number of anilines is 1. The number of rotatable bonds is 5. The molecule has 2 amide bonds. The lowest BCUT2D eigenvalue weighted by atomic mass is 10.2.